The number of hydrogen-bond acceptors (Lipinski definition) is 7. The first kappa shape index (κ1) is 19.4. The van der Waals surface area contributed by atoms with Crippen LogP contribution in [0.4, 0.5) is 0 Å². The minimum absolute atomic E-state index is 0.232. The van der Waals surface area contributed by atoms with Crippen molar-refractivity contribution in [3.63, 3.8) is 0 Å². The molecule has 6 nitrogen and oxygen atoms in total. The lowest BCUT2D eigenvalue weighted by molar-refractivity contribution is 0.519. The van der Waals surface area contributed by atoms with Crippen LogP contribution in [0, 0.1) is 27.7 Å². The Labute approximate surface area is 180 Å². The summed E-state index contributed by atoms with van der Waals surface area (Å²) in [7, 11) is 0. The quantitative estimate of drug-likeness (QED) is 0.377. The molecule has 0 saturated carbocycles. The minimum atomic E-state index is -0.428. The van der Waals surface area contributed by atoms with E-state index in [0.717, 1.165) is 22.3 Å². The van der Waals surface area contributed by atoms with Gasteiger partial charge in [0.05, 0.1) is 31.6 Å². The van der Waals surface area contributed by atoms with Crippen LogP contribution in [0.1, 0.15) is 22.3 Å². The predicted molar refractivity (Wildman–Crippen MR) is 122 cm³/mol. The standard InChI is InChI=1S/C24H18N2O4S/c1-11-7-13(3)19-15(9-11)23(27)29-21(25-19)17-5-6-18(31-17)22-26-20-14(4)8-12(2)10-16(20)24(28)30-22/h5-10H,1-4H3. The highest BCUT2D eigenvalue weighted by molar-refractivity contribution is 7.18. The van der Waals surface area contributed by atoms with Crippen molar-refractivity contribution in [2.24, 2.45) is 0 Å². The molecule has 0 fully saturated rings. The van der Waals surface area contributed by atoms with Crippen molar-refractivity contribution in [3.8, 4) is 21.5 Å². The SMILES string of the molecule is Cc1cc(C)c2nc(-c3ccc(-c4nc5c(C)cc(C)cc5c(=O)o4)s3)oc(=O)c2c1. The molecule has 0 aliphatic carbocycles. The Balaban J connectivity index is 1.64. The van der Waals surface area contributed by atoms with E-state index < -0.39 is 11.3 Å². The molecule has 3 aromatic heterocycles. The number of rotatable bonds is 2. The highest BCUT2D eigenvalue weighted by atomic mass is 32.1. The maximum Gasteiger partial charge on any atom is 0.347 e. The molecule has 5 rings (SSSR count). The van der Waals surface area contributed by atoms with Crippen molar-refractivity contribution in [1.29, 1.82) is 0 Å². The molecule has 0 aliphatic rings. The van der Waals surface area contributed by atoms with E-state index in [2.05, 4.69) is 9.97 Å². The third-order valence-corrected chi connectivity index (χ3v) is 6.22. The summed E-state index contributed by atoms with van der Waals surface area (Å²) in [5.74, 6) is 0.464. The summed E-state index contributed by atoms with van der Waals surface area (Å²) in [5.41, 5.74) is 4.16. The van der Waals surface area contributed by atoms with E-state index in [-0.39, 0.29) is 11.8 Å². The summed E-state index contributed by atoms with van der Waals surface area (Å²) in [6, 6.07) is 11.1. The summed E-state index contributed by atoms with van der Waals surface area (Å²) in [6.45, 7) is 7.70. The number of nitrogens with zero attached hydrogens (tertiary/aromatic N) is 2. The first-order valence-corrected chi connectivity index (χ1v) is 10.6. The van der Waals surface area contributed by atoms with Gasteiger partial charge in [-0.1, -0.05) is 12.1 Å². The number of aryl methyl sites for hydroxylation is 4. The molecule has 5 aromatic rings. The van der Waals surface area contributed by atoms with Crippen LogP contribution in [0.25, 0.3) is 43.3 Å². The van der Waals surface area contributed by atoms with Gasteiger partial charge in [0.15, 0.2) is 0 Å². The molecule has 31 heavy (non-hydrogen) atoms. The average molecular weight is 430 g/mol. The fourth-order valence-electron chi connectivity index (χ4n) is 3.84. The van der Waals surface area contributed by atoms with Gasteiger partial charge in [0.1, 0.15) is 0 Å². The molecule has 154 valence electrons. The van der Waals surface area contributed by atoms with Crippen LogP contribution in [0.5, 0.6) is 0 Å². The molecular weight excluding hydrogens is 412 g/mol. The Morgan fingerprint density at radius 1 is 0.677 bits per heavy atom. The van der Waals surface area contributed by atoms with Gasteiger partial charge < -0.3 is 8.83 Å². The van der Waals surface area contributed by atoms with Crippen molar-refractivity contribution >= 4 is 33.1 Å². The molecule has 0 radical (unpaired) electrons. The molecule has 0 bridgehead atoms. The second-order valence-corrected chi connectivity index (χ2v) is 8.82. The second-order valence-electron chi connectivity index (χ2n) is 7.73. The van der Waals surface area contributed by atoms with Crippen LogP contribution >= 0.6 is 11.3 Å². The molecule has 0 N–H and O–H groups in total. The van der Waals surface area contributed by atoms with Crippen molar-refractivity contribution < 1.29 is 8.83 Å². The number of fused-ring (bicyclic) bond motifs is 2. The zero-order valence-corrected chi connectivity index (χ0v) is 18.2. The summed E-state index contributed by atoms with van der Waals surface area (Å²) in [6.07, 6.45) is 0. The molecule has 0 unspecified atom stereocenters. The van der Waals surface area contributed by atoms with Gasteiger partial charge >= 0.3 is 11.3 Å². The number of thiophene rings is 1. The summed E-state index contributed by atoms with van der Waals surface area (Å²) in [5, 5.41) is 0.928. The fourth-order valence-corrected chi connectivity index (χ4v) is 4.70. The first-order chi connectivity index (χ1) is 14.8. The molecule has 0 amide bonds. The van der Waals surface area contributed by atoms with Gasteiger partial charge in [-0.05, 0) is 74.2 Å². The summed E-state index contributed by atoms with van der Waals surface area (Å²) < 4.78 is 11.0. The van der Waals surface area contributed by atoms with E-state index in [1.54, 1.807) is 24.3 Å². The smallest absolute Gasteiger partial charge is 0.347 e. The topological polar surface area (TPSA) is 86.2 Å². The minimum Gasteiger partial charge on any atom is -0.402 e. The van der Waals surface area contributed by atoms with E-state index in [9.17, 15) is 9.59 Å². The highest BCUT2D eigenvalue weighted by Gasteiger charge is 2.16. The fraction of sp³-hybridized carbons (Fsp3) is 0.167. The molecule has 3 heterocycles. The monoisotopic (exact) mass is 430 g/mol. The van der Waals surface area contributed by atoms with E-state index >= 15 is 0 Å². The summed E-state index contributed by atoms with van der Waals surface area (Å²) >= 11 is 1.30. The Bertz CT molecular complexity index is 1510. The van der Waals surface area contributed by atoms with Crippen LogP contribution in [-0.2, 0) is 0 Å². The lowest BCUT2D eigenvalue weighted by atomic mass is 10.1. The largest absolute Gasteiger partial charge is 0.402 e. The lowest BCUT2D eigenvalue weighted by Crippen LogP contribution is -2.04. The van der Waals surface area contributed by atoms with Crippen LogP contribution in [0.2, 0.25) is 0 Å². The van der Waals surface area contributed by atoms with Crippen molar-refractivity contribution in [2.45, 2.75) is 27.7 Å². The van der Waals surface area contributed by atoms with Gasteiger partial charge in [-0.3, -0.25) is 0 Å². The molecule has 0 spiro atoms. The van der Waals surface area contributed by atoms with E-state index in [4.69, 9.17) is 8.83 Å². The van der Waals surface area contributed by atoms with Gasteiger partial charge in [0, 0.05) is 0 Å². The lowest BCUT2D eigenvalue weighted by Gasteiger charge is -2.04. The number of hydrogen-bond donors (Lipinski definition) is 0. The predicted octanol–water partition coefficient (Wildman–Crippen LogP) is 5.32. The van der Waals surface area contributed by atoms with E-state index in [1.807, 2.05) is 39.8 Å². The molecular formula is C24H18N2O4S. The maximum absolute atomic E-state index is 12.5. The molecule has 0 saturated heterocycles. The molecule has 0 atom stereocenters. The van der Waals surface area contributed by atoms with Crippen molar-refractivity contribution in [2.75, 3.05) is 0 Å². The zero-order valence-electron chi connectivity index (χ0n) is 17.4. The molecule has 7 heteroatoms. The second kappa shape index (κ2) is 6.99. The Morgan fingerprint density at radius 2 is 1.10 bits per heavy atom. The maximum atomic E-state index is 12.5. The molecule has 0 aliphatic heterocycles. The van der Waals surface area contributed by atoms with E-state index in [1.165, 1.54) is 11.3 Å². The molecule has 2 aromatic carbocycles. The van der Waals surface area contributed by atoms with Crippen molar-refractivity contribution in [3.05, 3.63) is 79.5 Å². The van der Waals surface area contributed by atoms with Crippen molar-refractivity contribution in [1.82, 2.24) is 9.97 Å². The van der Waals surface area contributed by atoms with Gasteiger partial charge in [-0.25, -0.2) is 19.6 Å². The number of benzene rings is 2. The van der Waals surface area contributed by atoms with Gasteiger partial charge in [-0.15, -0.1) is 11.3 Å². The first-order valence-electron chi connectivity index (χ1n) is 9.75. The average Bonchev–Trinajstić information content (AvgIpc) is 3.19. The van der Waals surface area contributed by atoms with Gasteiger partial charge in [0.25, 0.3) is 0 Å². The normalized spacial score (nSPS) is 11.5. The third-order valence-electron chi connectivity index (χ3n) is 5.16. The zero-order chi connectivity index (χ0) is 21.9. The Hall–Kier alpha value is -3.58. The van der Waals surface area contributed by atoms with Crippen LogP contribution in [-0.4, -0.2) is 9.97 Å². The third kappa shape index (κ3) is 3.27. The number of aromatic nitrogens is 2. The summed E-state index contributed by atoms with van der Waals surface area (Å²) in [4.78, 5) is 35.5. The van der Waals surface area contributed by atoms with Gasteiger partial charge in [0.2, 0.25) is 11.8 Å². The van der Waals surface area contributed by atoms with Crippen LogP contribution < -0.4 is 11.3 Å². The van der Waals surface area contributed by atoms with Gasteiger partial charge in [-0.2, -0.15) is 0 Å². The van der Waals surface area contributed by atoms with E-state index in [0.29, 0.717) is 31.6 Å². The Kier molecular flexibility index (Phi) is 4.37. The van der Waals surface area contributed by atoms with Crippen LogP contribution in [0.3, 0.4) is 0 Å². The highest BCUT2D eigenvalue weighted by Crippen LogP contribution is 2.33. The van der Waals surface area contributed by atoms with Crippen LogP contribution in [0.15, 0.2) is 54.8 Å². The Morgan fingerprint density at radius 3 is 1.52 bits per heavy atom.